The number of rotatable bonds is 11. The summed E-state index contributed by atoms with van der Waals surface area (Å²) in [6, 6.07) is 7.50. The average Bonchev–Trinajstić information content (AvgIpc) is 2.62. The number of esters is 2. The Morgan fingerprint density at radius 2 is 1.68 bits per heavy atom. The maximum Gasteiger partial charge on any atom is 0.333 e. The Morgan fingerprint density at radius 1 is 1.04 bits per heavy atom. The topological polar surface area (TPSA) is 61.8 Å². The van der Waals surface area contributed by atoms with Gasteiger partial charge in [0.25, 0.3) is 0 Å². The van der Waals surface area contributed by atoms with Gasteiger partial charge in [0, 0.05) is 11.6 Å². The van der Waals surface area contributed by atoms with Crippen molar-refractivity contribution < 1.29 is 23.8 Å². The van der Waals surface area contributed by atoms with Crippen molar-refractivity contribution in [3.05, 3.63) is 48.1 Å². The third-order valence-electron chi connectivity index (χ3n) is 3.38. The molecule has 25 heavy (non-hydrogen) atoms. The Balaban J connectivity index is 2.12. The van der Waals surface area contributed by atoms with Crippen molar-refractivity contribution in [3.8, 4) is 5.75 Å². The molecule has 5 heteroatoms. The first-order valence-corrected chi connectivity index (χ1v) is 8.34. The number of ether oxygens (including phenoxy) is 3. The van der Waals surface area contributed by atoms with Gasteiger partial charge in [0.15, 0.2) is 0 Å². The maximum atomic E-state index is 11.2. The summed E-state index contributed by atoms with van der Waals surface area (Å²) in [6.07, 6.45) is 6.87. The lowest BCUT2D eigenvalue weighted by Gasteiger charge is -2.07. The van der Waals surface area contributed by atoms with Crippen molar-refractivity contribution >= 4 is 18.0 Å². The van der Waals surface area contributed by atoms with E-state index in [1.54, 1.807) is 13.0 Å². The van der Waals surface area contributed by atoms with Crippen LogP contribution in [-0.4, -0.2) is 32.3 Å². The maximum absolute atomic E-state index is 11.2. The summed E-state index contributed by atoms with van der Waals surface area (Å²) in [6.45, 7) is 6.26. The number of carbonyl (C=O) groups excluding carboxylic acids is 2. The third-order valence-corrected chi connectivity index (χ3v) is 3.38. The molecule has 0 spiro atoms. The van der Waals surface area contributed by atoms with Gasteiger partial charge in [-0.1, -0.05) is 18.7 Å². The first-order chi connectivity index (χ1) is 12.0. The monoisotopic (exact) mass is 346 g/mol. The Kier molecular flexibility index (Phi) is 9.75. The molecule has 5 nitrogen and oxygen atoms in total. The molecule has 0 unspecified atom stereocenters. The lowest BCUT2D eigenvalue weighted by atomic mass is 10.2. The molecule has 0 aliphatic carbocycles. The van der Waals surface area contributed by atoms with Gasteiger partial charge in [-0.25, -0.2) is 9.59 Å². The zero-order valence-electron chi connectivity index (χ0n) is 15.0. The minimum atomic E-state index is -0.380. The van der Waals surface area contributed by atoms with E-state index in [2.05, 4.69) is 11.3 Å². The van der Waals surface area contributed by atoms with E-state index < -0.39 is 0 Å². The van der Waals surface area contributed by atoms with Crippen molar-refractivity contribution in [1.29, 1.82) is 0 Å². The second kappa shape index (κ2) is 11.9. The van der Waals surface area contributed by atoms with Gasteiger partial charge < -0.3 is 14.2 Å². The fourth-order valence-electron chi connectivity index (χ4n) is 1.94. The number of unbranched alkanes of at least 4 members (excludes halogenated alkanes) is 3. The van der Waals surface area contributed by atoms with Gasteiger partial charge in [-0.05, 0) is 56.4 Å². The Labute approximate surface area is 149 Å². The highest BCUT2D eigenvalue weighted by atomic mass is 16.5. The van der Waals surface area contributed by atoms with Crippen LogP contribution >= 0.6 is 0 Å². The number of carbonyl (C=O) groups is 2. The van der Waals surface area contributed by atoms with Crippen LogP contribution in [0.5, 0.6) is 5.75 Å². The molecule has 136 valence electrons. The zero-order valence-corrected chi connectivity index (χ0v) is 15.0. The van der Waals surface area contributed by atoms with Gasteiger partial charge in [-0.15, -0.1) is 0 Å². The fourth-order valence-corrected chi connectivity index (χ4v) is 1.94. The Bertz CT molecular complexity index is 587. The molecule has 0 amide bonds. The van der Waals surface area contributed by atoms with E-state index in [-0.39, 0.29) is 11.9 Å². The van der Waals surface area contributed by atoms with Crippen LogP contribution in [0.2, 0.25) is 0 Å². The predicted octanol–water partition coefficient (Wildman–Crippen LogP) is 3.93. The van der Waals surface area contributed by atoms with Gasteiger partial charge in [0.1, 0.15) is 5.75 Å². The molecule has 0 radical (unpaired) electrons. The normalized spacial score (nSPS) is 10.5. The van der Waals surface area contributed by atoms with Crippen LogP contribution in [0.3, 0.4) is 0 Å². The van der Waals surface area contributed by atoms with Crippen LogP contribution in [0.4, 0.5) is 0 Å². The summed E-state index contributed by atoms with van der Waals surface area (Å²) in [7, 11) is 1.35. The van der Waals surface area contributed by atoms with E-state index in [1.807, 2.05) is 24.3 Å². The molecule has 1 rings (SSSR count). The first kappa shape index (κ1) is 20.5. The predicted molar refractivity (Wildman–Crippen MR) is 97.2 cm³/mol. The van der Waals surface area contributed by atoms with E-state index in [0.29, 0.717) is 18.8 Å². The molecule has 0 N–H and O–H groups in total. The minimum Gasteiger partial charge on any atom is -0.494 e. The van der Waals surface area contributed by atoms with Crippen LogP contribution in [0.15, 0.2) is 42.5 Å². The van der Waals surface area contributed by atoms with E-state index in [1.165, 1.54) is 13.2 Å². The highest BCUT2D eigenvalue weighted by molar-refractivity contribution is 5.87. The van der Waals surface area contributed by atoms with E-state index >= 15 is 0 Å². The van der Waals surface area contributed by atoms with Crippen LogP contribution < -0.4 is 4.74 Å². The molecule has 0 saturated carbocycles. The van der Waals surface area contributed by atoms with Crippen molar-refractivity contribution in [3.63, 3.8) is 0 Å². The standard InChI is InChI=1S/C20H26O5/c1-16(2)20(22)25-15-7-5-4-6-14-24-18-11-8-17(9-12-18)10-13-19(21)23-3/h8-13H,1,4-7,14-15H2,2-3H3/b13-10-. The Morgan fingerprint density at radius 3 is 2.28 bits per heavy atom. The molecule has 0 bridgehead atoms. The quantitative estimate of drug-likeness (QED) is 0.345. The van der Waals surface area contributed by atoms with E-state index in [0.717, 1.165) is 37.0 Å². The Hall–Kier alpha value is -2.56. The highest BCUT2D eigenvalue weighted by Crippen LogP contribution is 2.14. The third kappa shape index (κ3) is 9.35. The van der Waals surface area contributed by atoms with Crippen LogP contribution in [-0.2, 0) is 19.1 Å². The second-order valence-corrected chi connectivity index (χ2v) is 5.60. The molecule has 0 atom stereocenters. The van der Waals surface area contributed by atoms with Crippen LogP contribution in [0.1, 0.15) is 38.2 Å². The summed E-state index contributed by atoms with van der Waals surface area (Å²) < 4.78 is 15.2. The van der Waals surface area contributed by atoms with E-state index in [9.17, 15) is 9.59 Å². The summed E-state index contributed by atoms with van der Waals surface area (Å²) in [4.78, 5) is 22.2. The molecule has 0 saturated heterocycles. The smallest absolute Gasteiger partial charge is 0.333 e. The van der Waals surface area contributed by atoms with Gasteiger partial charge >= 0.3 is 11.9 Å². The van der Waals surface area contributed by atoms with Gasteiger partial charge in [-0.2, -0.15) is 0 Å². The van der Waals surface area contributed by atoms with Crippen molar-refractivity contribution in [2.75, 3.05) is 20.3 Å². The van der Waals surface area contributed by atoms with Gasteiger partial charge in [-0.3, -0.25) is 0 Å². The number of hydrogen-bond acceptors (Lipinski definition) is 5. The van der Waals surface area contributed by atoms with Crippen LogP contribution in [0, 0.1) is 0 Å². The average molecular weight is 346 g/mol. The number of benzene rings is 1. The lowest BCUT2D eigenvalue weighted by molar-refractivity contribution is -0.139. The summed E-state index contributed by atoms with van der Waals surface area (Å²) in [5, 5.41) is 0. The molecule has 0 fully saturated rings. The molecule has 0 aliphatic rings. The number of methoxy groups -OCH3 is 1. The van der Waals surface area contributed by atoms with Crippen molar-refractivity contribution in [2.24, 2.45) is 0 Å². The molecule has 0 aliphatic heterocycles. The highest BCUT2D eigenvalue weighted by Gasteiger charge is 2.02. The first-order valence-electron chi connectivity index (χ1n) is 8.34. The fraction of sp³-hybridized carbons (Fsp3) is 0.400. The molecule has 0 aromatic heterocycles. The second-order valence-electron chi connectivity index (χ2n) is 5.60. The summed E-state index contributed by atoms with van der Waals surface area (Å²) >= 11 is 0. The van der Waals surface area contributed by atoms with Gasteiger partial charge in [0.05, 0.1) is 20.3 Å². The van der Waals surface area contributed by atoms with Crippen molar-refractivity contribution in [1.82, 2.24) is 0 Å². The molecular formula is C20H26O5. The van der Waals surface area contributed by atoms with Crippen molar-refractivity contribution in [2.45, 2.75) is 32.6 Å². The number of hydrogen-bond donors (Lipinski definition) is 0. The van der Waals surface area contributed by atoms with Gasteiger partial charge in [0.2, 0.25) is 0 Å². The molecule has 0 heterocycles. The summed E-state index contributed by atoms with van der Waals surface area (Å²) in [5.74, 6) is 0.0912. The largest absolute Gasteiger partial charge is 0.494 e. The zero-order chi connectivity index (χ0) is 18.5. The van der Waals surface area contributed by atoms with Crippen LogP contribution in [0.25, 0.3) is 6.08 Å². The lowest BCUT2D eigenvalue weighted by Crippen LogP contribution is -2.06. The van der Waals surface area contributed by atoms with E-state index in [4.69, 9.17) is 9.47 Å². The molecular weight excluding hydrogens is 320 g/mol. The molecule has 1 aromatic rings. The minimum absolute atomic E-state index is 0.326. The summed E-state index contributed by atoms with van der Waals surface area (Å²) in [5.41, 5.74) is 1.34. The SMILES string of the molecule is C=C(C)C(=O)OCCCCCCOc1ccc(/C=C\C(=O)OC)cc1. The molecule has 1 aromatic carbocycles.